The van der Waals surface area contributed by atoms with Gasteiger partial charge in [0.05, 0.1) is 54.1 Å². The standard InChI is InChI=1S/3C11H16N2.3HI/c3*1-3-12-9-13(4-2)11-8-6-5-7-10(11)12;;;/h3*5-8H,3-4,9H2,1-2H3;3*1H. The van der Waals surface area contributed by atoms with Gasteiger partial charge < -0.3 is 29.4 Å². The van der Waals surface area contributed by atoms with Gasteiger partial charge >= 0.3 is 0 Å². The number of anilines is 6. The number of para-hydroxylation sites is 6. The Balaban J connectivity index is 0.000000304. The Morgan fingerprint density at radius 3 is 0.595 bits per heavy atom. The van der Waals surface area contributed by atoms with Gasteiger partial charge in [0.1, 0.15) is 0 Å². The summed E-state index contributed by atoms with van der Waals surface area (Å²) < 4.78 is 0. The number of rotatable bonds is 6. The third-order valence-electron chi connectivity index (χ3n) is 8.00. The van der Waals surface area contributed by atoms with E-state index in [-0.39, 0.29) is 71.9 Å². The Bertz CT molecular complexity index is 962. The summed E-state index contributed by atoms with van der Waals surface area (Å²) in [6, 6.07) is 25.9. The molecule has 3 aromatic rings. The van der Waals surface area contributed by atoms with E-state index in [4.69, 9.17) is 0 Å². The molecule has 0 fully saturated rings. The summed E-state index contributed by atoms with van der Waals surface area (Å²) in [5.74, 6) is 0. The van der Waals surface area contributed by atoms with Gasteiger partial charge in [-0.15, -0.1) is 71.9 Å². The topological polar surface area (TPSA) is 19.4 Å². The van der Waals surface area contributed by atoms with Crippen molar-refractivity contribution >= 4 is 106 Å². The fourth-order valence-electron chi connectivity index (χ4n) is 5.69. The molecule has 0 aliphatic carbocycles. The Labute approximate surface area is 306 Å². The van der Waals surface area contributed by atoms with Crippen LogP contribution in [0.1, 0.15) is 41.5 Å². The predicted molar refractivity (Wildman–Crippen MR) is 218 cm³/mol. The second-order valence-corrected chi connectivity index (χ2v) is 10.0. The van der Waals surface area contributed by atoms with Crippen molar-refractivity contribution in [2.45, 2.75) is 41.5 Å². The molecule has 3 heterocycles. The number of benzene rings is 3. The zero-order valence-electron chi connectivity index (χ0n) is 26.2. The summed E-state index contributed by atoms with van der Waals surface area (Å²) in [6.07, 6.45) is 0. The van der Waals surface area contributed by atoms with Crippen molar-refractivity contribution in [1.82, 2.24) is 0 Å². The lowest BCUT2D eigenvalue weighted by Gasteiger charge is -2.18. The molecular formula is C33H51I3N6. The summed E-state index contributed by atoms with van der Waals surface area (Å²) in [7, 11) is 0. The molecule has 0 unspecified atom stereocenters. The van der Waals surface area contributed by atoms with Crippen molar-refractivity contribution in [3.05, 3.63) is 72.8 Å². The number of nitrogens with zero attached hydrogens (tertiary/aromatic N) is 6. The van der Waals surface area contributed by atoms with Crippen LogP contribution in [0.2, 0.25) is 0 Å². The fourth-order valence-corrected chi connectivity index (χ4v) is 5.69. The first-order chi connectivity index (χ1) is 19.1. The van der Waals surface area contributed by atoms with E-state index in [0.717, 1.165) is 59.3 Å². The van der Waals surface area contributed by atoms with Crippen molar-refractivity contribution in [3.63, 3.8) is 0 Å². The first-order valence-electron chi connectivity index (χ1n) is 14.9. The third kappa shape index (κ3) is 8.64. The molecular weight excluding hydrogens is 861 g/mol. The molecule has 0 radical (unpaired) electrons. The van der Waals surface area contributed by atoms with Crippen LogP contribution in [0, 0.1) is 0 Å². The highest BCUT2D eigenvalue weighted by Crippen LogP contribution is 2.36. The molecule has 9 heteroatoms. The van der Waals surface area contributed by atoms with Gasteiger partial charge in [-0.25, -0.2) is 0 Å². The molecule has 3 aliphatic heterocycles. The zero-order valence-corrected chi connectivity index (χ0v) is 33.2. The maximum Gasteiger partial charge on any atom is 0.0903 e. The highest BCUT2D eigenvalue weighted by molar-refractivity contribution is 14.0. The second kappa shape index (κ2) is 19.1. The summed E-state index contributed by atoms with van der Waals surface area (Å²) in [4.78, 5) is 14.4. The molecule has 0 saturated heterocycles. The predicted octanol–water partition coefficient (Wildman–Crippen LogP) is 8.78. The molecule has 0 bridgehead atoms. The third-order valence-corrected chi connectivity index (χ3v) is 8.00. The SMILES string of the molecule is CCN1CN(CC)c2ccccc21.CCN1CN(CC)c2ccccc21.CCN1CN(CC)c2ccccc21.I.I.I. The van der Waals surface area contributed by atoms with E-state index in [1.165, 1.54) is 34.1 Å². The smallest absolute Gasteiger partial charge is 0.0903 e. The van der Waals surface area contributed by atoms with Gasteiger partial charge in [-0.1, -0.05) is 36.4 Å². The lowest BCUT2D eigenvalue weighted by molar-refractivity contribution is 0.801. The Hall–Kier alpha value is -1.35. The molecule has 0 spiro atoms. The zero-order chi connectivity index (χ0) is 27.8. The average Bonchev–Trinajstić information content (AvgIpc) is 3.68. The van der Waals surface area contributed by atoms with E-state index in [1.54, 1.807) is 0 Å². The minimum atomic E-state index is 0. The first-order valence-corrected chi connectivity index (χ1v) is 14.9. The van der Waals surface area contributed by atoms with E-state index in [1.807, 2.05) is 0 Å². The highest BCUT2D eigenvalue weighted by Gasteiger charge is 2.24. The molecule has 6 rings (SSSR count). The van der Waals surface area contributed by atoms with Gasteiger partial charge in [-0.05, 0) is 77.9 Å². The number of hydrogen-bond acceptors (Lipinski definition) is 6. The lowest BCUT2D eigenvalue weighted by atomic mass is 10.2. The Morgan fingerprint density at radius 2 is 0.476 bits per heavy atom. The molecule has 234 valence electrons. The quantitative estimate of drug-likeness (QED) is 0.229. The van der Waals surface area contributed by atoms with Crippen molar-refractivity contribution in [1.29, 1.82) is 0 Å². The minimum absolute atomic E-state index is 0. The number of halogens is 3. The van der Waals surface area contributed by atoms with Gasteiger partial charge in [0.15, 0.2) is 0 Å². The van der Waals surface area contributed by atoms with Crippen LogP contribution in [0.5, 0.6) is 0 Å². The molecule has 6 nitrogen and oxygen atoms in total. The number of fused-ring (bicyclic) bond motifs is 3. The number of hydrogen-bond donors (Lipinski definition) is 0. The maximum absolute atomic E-state index is 2.40. The molecule has 3 aromatic carbocycles. The summed E-state index contributed by atoms with van der Waals surface area (Å²) in [5, 5.41) is 0. The largest absolute Gasteiger partial charge is 0.352 e. The van der Waals surface area contributed by atoms with Crippen molar-refractivity contribution in [2.24, 2.45) is 0 Å². The van der Waals surface area contributed by atoms with Gasteiger partial charge in [0.2, 0.25) is 0 Å². The van der Waals surface area contributed by atoms with Gasteiger partial charge in [0.25, 0.3) is 0 Å². The Kier molecular flexibility index (Phi) is 17.6. The molecule has 0 saturated carbocycles. The van der Waals surface area contributed by atoms with Crippen LogP contribution in [0.15, 0.2) is 72.8 Å². The molecule has 0 N–H and O–H groups in total. The molecule has 0 atom stereocenters. The first kappa shape index (κ1) is 38.7. The van der Waals surface area contributed by atoms with E-state index >= 15 is 0 Å². The summed E-state index contributed by atoms with van der Waals surface area (Å²) >= 11 is 0. The van der Waals surface area contributed by atoms with E-state index < -0.39 is 0 Å². The van der Waals surface area contributed by atoms with Crippen molar-refractivity contribution < 1.29 is 0 Å². The van der Waals surface area contributed by atoms with E-state index in [2.05, 4.69) is 144 Å². The van der Waals surface area contributed by atoms with Crippen LogP contribution in [-0.4, -0.2) is 59.3 Å². The van der Waals surface area contributed by atoms with Crippen LogP contribution in [0.3, 0.4) is 0 Å². The minimum Gasteiger partial charge on any atom is -0.352 e. The normalized spacial score (nSPS) is 13.9. The molecule has 0 aromatic heterocycles. The monoisotopic (exact) mass is 912 g/mol. The Morgan fingerprint density at radius 1 is 0.333 bits per heavy atom. The highest BCUT2D eigenvalue weighted by atomic mass is 127. The van der Waals surface area contributed by atoms with Crippen molar-refractivity contribution in [2.75, 3.05) is 88.7 Å². The maximum atomic E-state index is 2.40. The van der Waals surface area contributed by atoms with Gasteiger partial charge in [-0.3, -0.25) is 0 Å². The second-order valence-electron chi connectivity index (χ2n) is 10.0. The van der Waals surface area contributed by atoms with Crippen LogP contribution >= 0.6 is 71.9 Å². The van der Waals surface area contributed by atoms with Crippen LogP contribution in [-0.2, 0) is 0 Å². The molecule has 0 amide bonds. The van der Waals surface area contributed by atoms with Gasteiger partial charge in [-0.2, -0.15) is 0 Å². The van der Waals surface area contributed by atoms with E-state index in [9.17, 15) is 0 Å². The fraction of sp³-hybridized carbons (Fsp3) is 0.455. The molecule has 42 heavy (non-hydrogen) atoms. The summed E-state index contributed by atoms with van der Waals surface area (Å²) in [6.45, 7) is 22.9. The van der Waals surface area contributed by atoms with Crippen molar-refractivity contribution in [3.8, 4) is 0 Å². The molecule has 3 aliphatic rings. The van der Waals surface area contributed by atoms with Crippen LogP contribution in [0.4, 0.5) is 34.1 Å². The lowest BCUT2D eigenvalue weighted by Crippen LogP contribution is -2.30. The van der Waals surface area contributed by atoms with Crippen LogP contribution in [0.25, 0.3) is 0 Å². The average molecular weight is 913 g/mol. The van der Waals surface area contributed by atoms with Crippen LogP contribution < -0.4 is 29.4 Å². The summed E-state index contributed by atoms with van der Waals surface area (Å²) in [5.41, 5.74) is 8.29. The van der Waals surface area contributed by atoms with E-state index in [0.29, 0.717) is 0 Å². The van der Waals surface area contributed by atoms with Gasteiger partial charge in [0, 0.05) is 39.3 Å².